The van der Waals surface area contributed by atoms with E-state index in [4.69, 9.17) is 21.1 Å². The average molecular weight is 568 g/mol. The van der Waals surface area contributed by atoms with E-state index in [0.717, 1.165) is 57.2 Å². The van der Waals surface area contributed by atoms with E-state index in [1.165, 1.54) is 5.56 Å². The van der Waals surface area contributed by atoms with Gasteiger partial charge in [0.05, 0.1) is 33.1 Å². The zero-order valence-electron chi connectivity index (χ0n) is 24.1. The highest BCUT2D eigenvalue weighted by Gasteiger charge is 2.31. The van der Waals surface area contributed by atoms with E-state index in [0.29, 0.717) is 28.8 Å². The van der Waals surface area contributed by atoms with Crippen LogP contribution in [0.3, 0.4) is 0 Å². The largest absolute Gasteiger partial charge is 0.494 e. The quantitative estimate of drug-likeness (QED) is 0.0857. The van der Waals surface area contributed by atoms with Gasteiger partial charge in [-0.2, -0.15) is 0 Å². The zero-order valence-corrected chi connectivity index (χ0v) is 24.9. The number of benzene rings is 2. The second-order valence-corrected chi connectivity index (χ2v) is 11.8. The second-order valence-electron chi connectivity index (χ2n) is 11.2. The number of hydrogen-bond acceptors (Lipinski definition) is 4. The van der Waals surface area contributed by atoms with Crippen LogP contribution in [-0.4, -0.2) is 62.1 Å². The predicted octanol–water partition coefficient (Wildman–Crippen LogP) is 6.24. The molecule has 0 saturated carbocycles. The van der Waals surface area contributed by atoms with Crippen LogP contribution in [0.4, 0.5) is 0 Å². The Kier molecular flexibility index (Phi) is 12.8. The molecule has 1 aliphatic rings. The van der Waals surface area contributed by atoms with E-state index < -0.39 is 0 Å². The van der Waals surface area contributed by atoms with Crippen molar-refractivity contribution in [1.29, 1.82) is 0 Å². The monoisotopic (exact) mass is 567 g/mol. The van der Waals surface area contributed by atoms with Crippen LogP contribution in [0.5, 0.6) is 11.5 Å². The molecule has 1 aliphatic carbocycles. The normalized spacial score (nSPS) is 15.7. The van der Waals surface area contributed by atoms with Crippen LogP contribution in [-0.2, 0) is 16.0 Å². The maximum Gasteiger partial charge on any atom is 0.339 e. The molecule has 0 fully saturated rings. The summed E-state index contributed by atoms with van der Waals surface area (Å²) >= 11 is 6.07. The van der Waals surface area contributed by atoms with Crippen LogP contribution >= 0.6 is 11.6 Å². The molecule has 2 atom stereocenters. The lowest BCUT2D eigenvalue weighted by molar-refractivity contribution is -0.886. The number of ether oxygens (including phenoxy) is 2. The summed E-state index contributed by atoms with van der Waals surface area (Å²) in [5.74, 6) is 1.00. The Bertz CT molecular complexity index is 1120. The van der Waals surface area contributed by atoms with Crippen LogP contribution in [0.25, 0.3) is 0 Å². The number of likely N-dealkylation sites (N-methyl/N-ethyl adjacent to an activating group) is 1. The number of esters is 1. The number of allylic oxidation sites excluding steroid dienone is 3. The number of hydrogen-bond donors (Lipinski definition) is 1. The number of amides is 1. The molecular weight excluding hydrogens is 524 g/mol. The molecule has 0 saturated heterocycles. The third-order valence-electron chi connectivity index (χ3n) is 6.98. The highest BCUT2D eigenvalue weighted by Crippen LogP contribution is 2.22. The van der Waals surface area contributed by atoms with Crippen molar-refractivity contribution < 1.29 is 23.5 Å². The smallest absolute Gasteiger partial charge is 0.339 e. The van der Waals surface area contributed by atoms with Crippen molar-refractivity contribution in [3.05, 3.63) is 84.0 Å². The molecule has 2 aromatic rings. The van der Waals surface area contributed by atoms with Gasteiger partial charge < -0.3 is 19.3 Å². The molecule has 0 spiro atoms. The van der Waals surface area contributed by atoms with Gasteiger partial charge in [0.1, 0.15) is 11.5 Å². The lowest BCUT2D eigenvalue weighted by Crippen LogP contribution is -2.55. The number of nitrogens with one attached hydrogen (secondary N) is 1. The van der Waals surface area contributed by atoms with Crippen molar-refractivity contribution in [2.24, 2.45) is 0 Å². The van der Waals surface area contributed by atoms with Crippen molar-refractivity contribution in [3.8, 4) is 11.5 Å². The molecule has 40 heavy (non-hydrogen) atoms. The minimum Gasteiger partial charge on any atom is -0.494 e. The summed E-state index contributed by atoms with van der Waals surface area (Å²) in [6, 6.07) is 17.2. The van der Waals surface area contributed by atoms with Crippen LogP contribution < -0.4 is 14.8 Å². The van der Waals surface area contributed by atoms with Gasteiger partial charge >= 0.3 is 5.97 Å². The van der Waals surface area contributed by atoms with Gasteiger partial charge in [-0.3, -0.25) is 4.79 Å². The zero-order chi connectivity index (χ0) is 28.8. The topological polar surface area (TPSA) is 64.6 Å². The van der Waals surface area contributed by atoms with Gasteiger partial charge in [-0.25, -0.2) is 4.79 Å². The molecule has 6 nitrogen and oxygen atoms in total. The summed E-state index contributed by atoms with van der Waals surface area (Å²) < 4.78 is 11.9. The number of alkyl halides is 1. The Labute approximate surface area is 244 Å². The van der Waals surface area contributed by atoms with Crippen molar-refractivity contribution in [2.75, 3.05) is 34.3 Å². The number of halogens is 1. The van der Waals surface area contributed by atoms with E-state index in [1.807, 2.05) is 36.4 Å². The third-order valence-corrected chi connectivity index (χ3v) is 7.28. The molecule has 216 valence electrons. The highest BCUT2D eigenvalue weighted by atomic mass is 35.5. The molecular formula is C33H44ClN2O4+. The SMILES string of the molecule is C[N+](C)(C)C(Cc1ccccc1)C(=O)NCCCCCCCCOc1ccc(OC(=O)C2=CC=CC(Cl)C2)cc1. The minimum absolute atomic E-state index is 0.107. The van der Waals surface area contributed by atoms with Gasteiger partial charge in [-0.05, 0) is 49.1 Å². The molecule has 3 rings (SSSR count). The van der Waals surface area contributed by atoms with Crippen molar-refractivity contribution >= 4 is 23.5 Å². The number of unbranched alkanes of at least 4 members (excludes halogenated alkanes) is 5. The summed E-state index contributed by atoms with van der Waals surface area (Å²) in [6.45, 7) is 1.37. The van der Waals surface area contributed by atoms with Gasteiger partial charge in [0.2, 0.25) is 0 Å². The van der Waals surface area contributed by atoms with Gasteiger partial charge in [-0.15, -0.1) is 11.6 Å². The number of quaternary nitrogens is 1. The molecule has 0 aromatic heterocycles. The Morgan fingerprint density at radius 1 is 0.925 bits per heavy atom. The lowest BCUT2D eigenvalue weighted by atomic mass is 10.0. The number of rotatable bonds is 16. The standard InChI is InChI=1S/C33H43ClN2O4/c1-36(2,3)31(24-26-14-9-8-10-15-26)32(37)35-22-11-6-4-5-7-12-23-39-29-18-20-30(21-19-29)40-33(38)27-16-13-17-28(34)25-27/h8-10,13-21,28,31H,4-7,11-12,22-25H2,1-3H3/p+1. The fraction of sp³-hybridized carbons (Fsp3) is 0.455. The summed E-state index contributed by atoms with van der Waals surface area (Å²) in [4.78, 5) is 25.2. The Hall–Kier alpha value is -3.09. The van der Waals surface area contributed by atoms with E-state index in [1.54, 1.807) is 24.3 Å². The first kappa shape index (κ1) is 31.4. The predicted molar refractivity (Wildman–Crippen MR) is 162 cm³/mol. The van der Waals surface area contributed by atoms with E-state index in [9.17, 15) is 9.59 Å². The summed E-state index contributed by atoms with van der Waals surface area (Å²) in [6.07, 6.45) is 13.1. The van der Waals surface area contributed by atoms with Crippen molar-refractivity contribution in [3.63, 3.8) is 0 Å². The molecule has 7 heteroatoms. The number of carbonyl (C=O) groups is 2. The summed E-state index contributed by atoms with van der Waals surface area (Å²) in [5, 5.41) is 2.98. The third kappa shape index (κ3) is 11.2. The Morgan fingerprint density at radius 2 is 1.57 bits per heavy atom. The molecule has 1 amide bonds. The first-order chi connectivity index (χ1) is 19.2. The fourth-order valence-corrected chi connectivity index (χ4v) is 4.83. The molecule has 2 unspecified atom stereocenters. The minimum atomic E-state index is -0.373. The fourth-order valence-electron chi connectivity index (χ4n) is 4.58. The summed E-state index contributed by atoms with van der Waals surface area (Å²) in [7, 11) is 6.23. The van der Waals surface area contributed by atoms with E-state index in [-0.39, 0.29) is 23.3 Å². The molecule has 1 N–H and O–H groups in total. The molecule has 0 heterocycles. The molecule has 0 radical (unpaired) electrons. The molecule has 2 aromatic carbocycles. The highest BCUT2D eigenvalue weighted by molar-refractivity contribution is 6.22. The van der Waals surface area contributed by atoms with E-state index in [2.05, 4.69) is 38.6 Å². The van der Waals surface area contributed by atoms with Gasteiger partial charge in [0.15, 0.2) is 6.04 Å². The number of carbonyl (C=O) groups excluding carboxylic acids is 2. The van der Waals surface area contributed by atoms with Crippen LogP contribution in [0, 0.1) is 0 Å². The van der Waals surface area contributed by atoms with Crippen LogP contribution in [0.15, 0.2) is 78.4 Å². The second kappa shape index (κ2) is 16.2. The maximum absolute atomic E-state index is 12.9. The Balaban J connectivity index is 1.23. The van der Waals surface area contributed by atoms with Gasteiger partial charge in [0.25, 0.3) is 5.91 Å². The summed E-state index contributed by atoms with van der Waals surface area (Å²) in [5.41, 5.74) is 1.76. The van der Waals surface area contributed by atoms with Crippen LogP contribution in [0.1, 0.15) is 50.5 Å². The molecule has 0 bridgehead atoms. The first-order valence-corrected chi connectivity index (χ1v) is 14.8. The Morgan fingerprint density at radius 3 is 2.25 bits per heavy atom. The lowest BCUT2D eigenvalue weighted by Gasteiger charge is -2.33. The van der Waals surface area contributed by atoms with E-state index >= 15 is 0 Å². The van der Waals surface area contributed by atoms with Crippen LogP contribution in [0.2, 0.25) is 0 Å². The van der Waals surface area contributed by atoms with Crippen molar-refractivity contribution in [1.82, 2.24) is 5.32 Å². The first-order valence-electron chi connectivity index (χ1n) is 14.3. The van der Waals surface area contributed by atoms with Gasteiger partial charge in [0, 0.05) is 18.5 Å². The average Bonchev–Trinajstić information content (AvgIpc) is 2.93. The maximum atomic E-state index is 12.9. The van der Waals surface area contributed by atoms with Gasteiger partial charge in [-0.1, -0.05) is 74.2 Å². The molecule has 0 aliphatic heterocycles. The van der Waals surface area contributed by atoms with Crippen molar-refractivity contribution in [2.45, 2.75) is 62.8 Å². The number of nitrogens with zero attached hydrogens (tertiary/aromatic N) is 1.